The molecule has 2 aromatic rings. The van der Waals surface area contributed by atoms with E-state index < -0.39 is 5.95 Å². The average molecular weight is 177 g/mol. The summed E-state index contributed by atoms with van der Waals surface area (Å²) >= 11 is 0. The van der Waals surface area contributed by atoms with E-state index in [2.05, 4.69) is 9.97 Å². The quantitative estimate of drug-likeness (QED) is 0.620. The molecular weight excluding hydrogens is 169 g/mol. The van der Waals surface area contributed by atoms with Crippen molar-refractivity contribution in [2.75, 3.05) is 0 Å². The third-order valence-corrected chi connectivity index (χ3v) is 1.82. The molecule has 0 atom stereocenters. The Kier molecular flexibility index (Phi) is 1.81. The molecule has 2 heterocycles. The molecule has 0 saturated carbocycles. The van der Waals surface area contributed by atoms with Crippen molar-refractivity contribution in [2.45, 2.75) is 0 Å². The van der Waals surface area contributed by atoms with Gasteiger partial charge in [-0.05, 0) is 12.1 Å². The SMILES string of the molecule is Cn1ccnc1-c1cccnc1F. The van der Waals surface area contributed by atoms with Gasteiger partial charge in [0, 0.05) is 25.6 Å². The van der Waals surface area contributed by atoms with Gasteiger partial charge in [0.2, 0.25) is 5.95 Å². The lowest BCUT2D eigenvalue weighted by Gasteiger charge is -2.01. The monoisotopic (exact) mass is 177 g/mol. The van der Waals surface area contributed by atoms with E-state index in [9.17, 15) is 4.39 Å². The number of hydrogen-bond acceptors (Lipinski definition) is 2. The van der Waals surface area contributed by atoms with Gasteiger partial charge >= 0.3 is 0 Å². The van der Waals surface area contributed by atoms with Crippen LogP contribution in [0.3, 0.4) is 0 Å². The van der Waals surface area contributed by atoms with Crippen LogP contribution >= 0.6 is 0 Å². The largest absolute Gasteiger partial charge is 0.334 e. The predicted octanol–water partition coefficient (Wildman–Crippen LogP) is 1.62. The fourth-order valence-corrected chi connectivity index (χ4v) is 1.18. The average Bonchev–Trinajstić information content (AvgIpc) is 2.52. The Morgan fingerprint density at radius 3 is 2.77 bits per heavy atom. The molecule has 0 fully saturated rings. The number of imidazole rings is 1. The lowest BCUT2D eigenvalue weighted by Crippen LogP contribution is -1.95. The van der Waals surface area contributed by atoms with Crippen molar-refractivity contribution < 1.29 is 4.39 Å². The summed E-state index contributed by atoms with van der Waals surface area (Å²) in [5, 5.41) is 0. The lowest BCUT2D eigenvalue weighted by atomic mass is 10.2. The van der Waals surface area contributed by atoms with E-state index in [-0.39, 0.29) is 0 Å². The molecule has 0 aliphatic heterocycles. The summed E-state index contributed by atoms with van der Waals surface area (Å²) in [6.07, 6.45) is 4.81. The summed E-state index contributed by atoms with van der Waals surface area (Å²) in [4.78, 5) is 7.59. The Morgan fingerprint density at radius 1 is 1.31 bits per heavy atom. The van der Waals surface area contributed by atoms with E-state index in [1.807, 2.05) is 7.05 Å². The third kappa shape index (κ3) is 1.30. The van der Waals surface area contributed by atoms with Crippen LogP contribution in [0.4, 0.5) is 4.39 Å². The van der Waals surface area contributed by atoms with Gasteiger partial charge in [0.1, 0.15) is 5.82 Å². The van der Waals surface area contributed by atoms with Crippen molar-refractivity contribution in [3.8, 4) is 11.4 Å². The highest BCUT2D eigenvalue weighted by molar-refractivity contribution is 5.54. The van der Waals surface area contributed by atoms with Crippen molar-refractivity contribution in [2.24, 2.45) is 7.05 Å². The molecule has 0 unspecified atom stereocenters. The normalized spacial score (nSPS) is 10.3. The summed E-state index contributed by atoms with van der Waals surface area (Å²) < 4.78 is 14.9. The first-order valence-electron chi connectivity index (χ1n) is 3.87. The van der Waals surface area contributed by atoms with E-state index in [0.717, 1.165) is 0 Å². The fraction of sp³-hybridized carbons (Fsp3) is 0.111. The third-order valence-electron chi connectivity index (χ3n) is 1.82. The van der Waals surface area contributed by atoms with Crippen molar-refractivity contribution >= 4 is 0 Å². The molecule has 0 radical (unpaired) electrons. The first-order valence-corrected chi connectivity index (χ1v) is 3.87. The van der Waals surface area contributed by atoms with Crippen LogP contribution in [0.5, 0.6) is 0 Å². The second-order valence-electron chi connectivity index (χ2n) is 2.70. The number of hydrogen-bond donors (Lipinski definition) is 0. The highest BCUT2D eigenvalue weighted by atomic mass is 19.1. The van der Waals surface area contributed by atoms with E-state index in [4.69, 9.17) is 0 Å². The van der Waals surface area contributed by atoms with Crippen molar-refractivity contribution in [3.05, 3.63) is 36.7 Å². The number of pyridine rings is 1. The molecule has 4 heteroatoms. The van der Waals surface area contributed by atoms with Crippen LogP contribution in [0, 0.1) is 5.95 Å². The molecule has 0 aliphatic carbocycles. The zero-order chi connectivity index (χ0) is 9.26. The molecule has 0 N–H and O–H groups in total. The molecule has 0 bridgehead atoms. The van der Waals surface area contributed by atoms with Crippen LogP contribution < -0.4 is 0 Å². The van der Waals surface area contributed by atoms with Crippen LogP contribution in [0.15, 0.2) is 30.7 Å². The first kappa shape index (κ1) is 7.91. The summed E-state index contributed by atoms with van der Waals surface area (Å²) in [5.41, 5.74) is 0.426. The number of halogens is 1. The Morgan fingerprint density at radius 2 is 2.15 bits per heavy atom. The van der Waals surface area contributed by atoms with E-state index in [1.54, 1.807) is 29.1 Å². The Hall–Kier alpha value is -1.71. The van der Waals surface area contributed by atoms with Gasteiger partial charge in [-0.25, -0.2) is 9.97 Å². The maximum Gasteiger partial charge on any atom is 0.223 e. The van der Waals surface area contributed by atoms with Gasteiger partial charge in [0.05, 0.1) is 5.56 Å². The van der Waals surface area contributed by atoms with Gasteiger partial charge in [0.25, 0.3) is 0 Å². The first-order chi connectivity index (χ1) is 6.29. The Bertz CT molecular complexity index is 422. The van der Waals surface area contributed by atoms with Gasteiger partial charge in [-0.1, -0.05) is 0 Å². The lowest BCUT2D eigenvalue weighted by molar-refractivity contribution is 0.585. The number of aryl methyl sites for hydroxylation is 1. The minimum Gasteiger partial charge on any atom is -0.334 e. The standard InChI is InChI=1S/C9H8FN3/c1-13-6-5-12-9(13)7-3-2-4-11-8(7)10/h2-6H,1H3. The van der Waals surface area contributed by atoms with Gasteiger partial charge < -0.3 is 4.57 Å². The topological polar surface area (TPSA) is 30.7 Å². The Labute approximate surface area is 74.9 Å². The number of rotatable bonds is 1. The van der Waals surface area contributed by atoms with Crippen LogP contribution in [0.2, 0.25) is 0 Å². The molecule has 0 amide bonds. The minimum absolute atomic E-state index is 0.426. The Balaban J connectivity index is 2.59. The molecule has 3 nitrogen and oxygen atoms in total. The number of nitrogens with zero attached hydrogens (tertiary/aromatic N) is 3. The van der Waals surface area contributed by atoms with E-state index in [1.165, 1.54) is 6.20 Å². The van der Waals surface area contributed by atoms with Gasteiger partial charge in [0.15, 0.2) is 0 Å². The maximum atomic E-state index is 13.2. The van der Waals surface area contributed by atoms with Gasteiger partial charge in [-0.3, -0.25) is 0 Å². The van der Waals surface area contributed by atoms with E-state index >= 15 is 0 Å². The highest BCUT2D eigenvalue weighted by Crippen LogP contribution is 2.17. The summed E-state index contributed by atoms with van der Waals surface area (Å²) in [7, 11) is 1.81. The highest BCUT2D eigenvalue weighted by Gasteiger charge is 2.08. The van der Waals surface area contributed by atoms with Crippen molar-refractivity contribution in [1.29, 1.82) is 0 Å². The molecule has 2 rings (SSSR count). The van der Waals surface area contributed by atoms with Crippen molar-refractivity contribution in [3.63, 3.8) is 0 Å². The minimum atomic E-state index is -0.489. The zero-order valence-corrected chi connectivity index (χ0v) is 7.11. The summed E-state index contributed by atoms with van der Waals surface area (Å²) in [5.74, 6) is 0.0994. The van der Waals surface area contributed by atoms with Crippen LogP contribution in [-0.2, 0) is 7.05 Å². The molecule has 2 aromatic heterocycles. The molecule has 0 aromatic carbocycles. The van der Waals surface area contributed by atoms with Crippen LogP contribution in [0.25, 0.3) is 11.4 Å². The second-order valence-corrected chi connectivity index (χ2v) is 2.70. The molecule has 0 aliphatic rings. The molecule has 13 heavy (non-hydrogen) atoms. The molecule has 0 saturated heterocycles. The van der Waals surface area contributed by atoms with Crippen LogP contribution in [-0.4, -0.2) is 14.5 Å². The number of aromatic nitrogens is 3. The van der Waals surface area contributed by atoms with Gasteiger partial charge in [-0.15, -0.1) is 0 Å². The molecule has 66 valence electrons. The van der Waals surface area contributed by atoms with Crippen molar-refractivity contribution in [1.82, 2.24) is 14.5 Å². The van der Waals surface area contributed by atoms with Gasteiger partial charge in [-0.2, -0.15) is 4.39 Å². The zero-order valence-electron chi connectivity index (χ0n) is 7.11. The molecule has 0 spiro atoms. The summed E-state index contributed by atoms with van der Waals surface area (Å²) in [6.45, 7) is 0. The van der Waals surface area contributed by atoms with E-state index in [0.29, 0.717) is 11.4 Å². The summed E-state index contributed by atoms with van der Waals surface area (Å²) in [6, 6.07) is 3.34. The molecular formula is C9H8FN3. The predicted molar refractivity (Wildman–Crippen MR) is 46.4 cm³/mol. The van der Waals surface area contributed by atoms with Crippen LogP contribution in [0.1, 0.15) is 0 Å². The second kappa shape index (κ2) is 2.97. The maximum absolute atomic E-state index is 13.2. The fourth-order valence-electron chi connectivity index (χ4n) is 1.18. The smallest absolute Gasteiger partial charge is 0.223 e.